The van der Waals surface area contributed by atoms with Crippen LogP contribution in [0.2, 0.25) is 0 Å². The van der Waals surface area contributed by atoms with Gasteiger partial charge in [-0.05, 0) is 44.0 Å². The number of aromatic nitrogens is 2. The maximum Gasteiger partial charge on any atom is 0.313 e. The normalized spacial score (nSPS) is 21.9. The summed E-state index contributed by atoms with van der Waals surface area (Å²) in [6.07, 6.45) is 0.153. The summed E-state index contributed by atoms with van der Waals surface area (Å²) < 4.78 is 5.65. The van der Waals surface area contributed by atoms with Crippen molar-refractivity contribution in [3.8, 4) is 0 Å². The van der Waals surface area contributed by atoms with E-state index in [1.807, 2.05) is 54.6 Å². The van der Waals surface area contributed by atoms with Crippen molar-refractivity contribution in [1.82, 2.24) is 10.2 Å². The highest BCUT2D eigenvalue weighted by atomic mass is 16.5. The highest BCUT2D eigenvalue weighted by molar-refractivity contribution is 5.77. The molecule has 0 spiro atoms. The smallest absolute Gasteiger partial charge is 0.313 e. The number of carbonyl (C=O) groups is 1. The molecule has 0 fully saturated rings. The molecule has 33 heavy (non-hydrogen) atoms. The lowest BCUT2D eigenvalue weighted by Crippen LogP contribution is -2.50. The number of nitrogens with one attached hydrogen (secondary N) is 2. The van der Waals surface area contributed by atoms with Crippen LogP contribution in [0.25, 0.3) is 0 Å². The highest BCUT2D eigenvalue weighted by Crippen LogP contribution is 2.44. The van der Waals surface area contributed by atoms with E-state index >= 15 is 0 Å². The second-order valence-corrected chi connectivity index (χ2v) is 8.82. The second kappa shape index (κ2) is 9.27. The molecule has 1 aliphatic carbocycles. The number of aliphatic hydroxyl groups is 1. The van der Waals surface area contributed by atoms with E-state index in [2.05, 4.69) is 28.9 Å². The maximum atomic E-state index is 13.4. The first-order valence-corrected chi connectivity index (χ1v) is 11.4. The van der Waals surface area contributed by atoms with Crippen molar-refractivity contribution < 1.29 is 14.6 Å². The van der Waals surface area contributed by atoms with E-state index < -0.39 is 23.4 Å². The largest absolute Gasteiger partial charge is 0.460 e. The fourth-order valence-electron chi connectivity index (χ4n) is 4.91. The third kappa shape index (κ3) is 4.46. The van der Waals surface area contributed by atoms with Gasteiger partial charge >= 0.3 is 5.97 Å². The lowest BCUT2D eigenvalue weighted by molar-refractivity contribution is -0.161. The quantitative estimate of drug-likeness (QED) is 0.481. The minimum Gasteiger partial charge on any atom is -0.460 e. The minimum atomic E-state index is -1.39. The summed E-state index contributed by atoms with van der Waals surface area (Å²) in [6, 6.07) is 17.3. The van der Waals surface area contributed by atoms with Gasteiger partial charge in [-0.1, -0.05) is 42.5 Å². The Morgan fingerprint density at radius 2 is 1.76 bits per heavy atom. The van der Waals surface area contributed by atoms with E-state index in [0.717, 1.165) is 29.9 Å². The van der Waals surface area contributed by atoms with Gasteiger partial charge in [0.1, 0.15) is 6.61 Å². The van der Waals surface area contributed by atoms with Gasteiger partial charge in [0.2, 0.25) is 0 Å². The average Bonchev–Trinajstić information content (AvgIpc) is 3.17. The van der Waals surface area contributed by atoms with Gasteiger partial charge in [-0.25, -0.2) is 0 Å². The predicted molar refractivity (Wildman–Crippen MR) is 127 cm³/mol. The number of rotatable bonds is 7. The lowest BCUT2D eigenvalue weighted by Gasteiger charge is -2.40. The fourth-order valence-corrected chi connectivity index (χ4v) is 4.91. The number of hydrogen-bond donors (Lipinski definition) is 3. The van der Waals surface area contributed by atoms with Crippen LogP contribution in [-0.2, 0) is 22.6 Å². The topological polar surface area (TPSA) is 98.4 Å². The van der Waals surface area contributed by atoms with E-state index in [4.69, 9.17) is 4.74 Å². The first kappa shape index (κ1) is 22.9. The molecule has 0 amide bonds. The molecule has 0 bridgehead atoms. The molecular formula is C26H31N3O4. The van der Waals surface area contributed by atoms with Crippen LogP contribution in [-0.4, -0.2) is 40.0 Å². The molecule has 2 aromatic carbocycles. The molecule has 4 rings (SSSR count). The Morgan fingerprint density at radius 3 is 2.39 bits per heavy atom. The molecule has 1 heterocycles. The van der Waals surface area contributed by atoms with Gasteiger partial charge in [0, 0.05) is 42.4 Å². The predicted octanol–water partition coefficient (Wildman–Crippen LogP) is 3.35. The van der Waals surface area contributed by atoms with Crippen molar-refractivity contribution in [2.24, 2.45) is 5.92 Å². The monoisotopic (exact) mass is 449 g/mol. The molecule has 3 atom stereocenters. The van der Waals surface area contributed by atoms with Crippen molar-refractivity contribution in [3.05, 3.63) is 87.3 Å². The van der Waals surface area contributed by atoms with Gasteiger partial charge in [0.25, 0.3) is 5.56 Å². The maximum absolute atomic E-state index is 13.4. The Kier molecular flexibility index (Phi) is 6.42. The highest BCUT2D eigenvalue weighted by Gasteiger charge is 2.51. The summed E-state index contributed by atoms with van der Waals surface area (Å²) in [5.41, 5.74) is 2.15. The van der Waals surface area contributed by atoms with Crippen molar-refractivity contribution in [2.45, 2.75) is 45.3 Å². The van der Waals surface area contributed by atoms with Crippen LogP contribution in [0.1, 0.15) is 49.1 Å². The molecule has 3 aromatic rings. The Labute approximate surface area is 193 Å². The van der Waals surface area contributed by atoms with Crippen LogP contribution in [0, 0.1) is 5.92 Å². The first-order chi connectivity index (χ1) is 15.9. The molecule has 174 valence electrons. The Bertz CT molecular complexity index is 1140. The number of carbonyl (C=O) groups excluding carboxylic acids is 1. The number of ether oxygens (including phenoxy) is 1. The summed E-state index contributed by atoms with van der Waals surface area (Å²) in [5, 5.41) is 16.9. The molecular weight excluding hydrogens is 418 g/mol. The average molecular weight is 450 g/mol. The fraction of sp³-hybridized carbons (Fsp3) is 0.385. The van der Waals surface area contributed by atoms with E-state index in [1.54, 1.807) is 6.92 Å². The molecule has 0 saturated carbocycles. The zero-order valence-electron chi connectivity index (χ0n) is 19.3. The Morgan fingerprint density at radius 1 is 1.09 bits per heavy atom. The van der Waals surface area contributed by atoms with E-state index in [1.165, 1.54) is 0 Å². The van der Waals surface area contributed by atoms with Crippen molar-refractivity contribution in [1.29, 1.82) is 0 Å². The van der Waals surface area contributed by atoms with Crippen LogP contribution in [0.15, 0.2) is 59.4 Å². The summed E-state index contributed by atoms with van der Waals surface area (Å²) in [4.78, 5) is 28.3. The summed E-state index contributed by atoms with van der Waals surface area (Å²) in [5.74, 6) is -2.08. The minimum absolute atomic E-state index is 0.107. The van der Waals surface area contributed by atoms with Crippen LogP contribution in [0.5, 0.6) is 0 Å². The van der Waals surface area contributed by atoms with Gasteiger partial charge in [0.15, 0.2) is 0 Å². The van der Waals surface area contributed by atoms with Gasteiger partial charge in [-0.15, -0.1) is 0 Å². The summed E-state index contributed by atoms with van der Waals surface area (Å²) in [7, 11) is 0. The molecule has 7 heteroatoms. The second-order valence-electron chi connectivity index (χ2n) is 8.82. The van der Waals surface area contributed by atoms with E-state index in [9.17, 15) is 14.7 Å². The number of aromatic amines is 2. The van der Waals surface area contributed by atoms with Gasteiger partial charge in [-0.3, -0.25) is 14.7 Å². The molecule has 1 aliphatic rings. The molecule has 0 aliphatic heterocycles. The van der Waals surface area contributed by atoms with Crippen molar-refractivity contribution in [2.75, 3.05) is 18.0 Å². The number of nitrogens with zero attached hydrogens (tertiary/aromatic N) is 1. The van der Waals surface area contributed by atoms with Crippen LogP contribution >= 0.6 is 0 Å². The Balaban J connectivity index is 1.72. The van der Waals surface area contributed by atoms with Crippen molar-refractivity contribution >= 4 is 11.7 Å². The van der Waals surface area contributed by atoms with E-state index in [0.29, 0.717) is 11.3 Å². The molecule has 7 nitrogen and oxygen atoms in total. The number of H-pyrrole nitrogens is 2. The molecule has 0 unspecified atom stereocenters. The molecule has 0 saturated heterocycles. The Hall–Kier alpha value is -3.32. The van der Waals surface area contributed by atoms with Crippen LogP contribution in [0.3, 0.4) is 0 Å². The summed E-state index contributed by atoms with van der Waals surface area (Å²) >= 11 is 0. The standard InChI is InChI=1S/C26H31N3O4/c1-4-29(5-2)19-13-11-18(12-14-19)21-22-20(27-28-24(22)30)15-26(3,32)23(21)25(31)33-16-17-9-7-6-8-10-17/h6-14,21,23,32H,4-5,15-16H2,1-3H3,(H2,27,28,30)/t21-,23-,26-/m1/s1. The van der Waals surface area contributed by atoms with Crippen LogP contribution in [0.4, 0.5) is 5.69 Å². The number of hydrogen-bond acceptors (Lipinski definition) is 5. The van der Waals surface area contributed by atoms with E-state index in [-0.39, 0.29) is 18.6 Å². The number of fused-ring (bicyclic) bond motifs is 1. The molecule has 1 aromatic heterocycles. The van der Waals surface area contributed by atoms with Gasteiger partial charge < -0.3 is 19.8 Å². The molecule has 3 N–H and O–H groups in total. The molecule has 0 radical (unpaired) electrons. The summed E-state index contributed by atoms with van der Waals surface area (Å²) in [6.45, 7) is 7.69. The number of anilines is 1. The third-order valence-electron chi connectivity index (χ3n) is 6.60. The van der Waals surface area contributed by atoms with Crippen LogP contribution < -0.4 is 10.5 Å². The lowest BCUT2D eigenvalue weighted by atomic mass is 9.66. The number of benzene rings is 2. The van der Waals surface area contributed by atoms with Crippen molar-refractivity contribution in [3.63, 3.8) is 0 Å². The third-order valence-corrected chi connectivity index (χ3v) is 6.60. The SMILES string of the molecule is CCN(CC)c1ccc([C@@H]2c3c([nH][nH]c3=O)C[C@@](C)(O)[C@H]2C(=O)OCc2ccccc2)cc1. The van der Waals surface area contributed by atoms with Gasteiger partial charge in [-0.2, -0.15) is 0 Å². The zero-order chi connectivity index (χ0) is 23.6. The van der Waals surface area contributed by atoms with Gasteiger partial charge in [0.05, 0.1) is 11.5 Å². The zero-order valence-corrected chi connectivity index (χ0v) is 19.3. The number of esters is 1. The first-order valence-electron chi connectivity index (χ1n) is 11.4.